The molecule has 0 heterocycles. The van der Waals surface area contributed by atoms with Gasteiger partial charge in [0.05, 0.1) is 17.3 Å². The fraction of sp³-hybridized carbons (Fsp3) is 0.400. The molecule has 0 aliphatic heterocycles. The maximum Gasteiger partial charge on any atom is 0.236 e. The molecule has 0 atom stereocenters. The van der Waals surface area contributed by atoms with E-state index in [0.717, 1.165) is 15.6 Å². The monoisotopic (exact) mass is 326 g/mol. The second-order valence-corrected chi connectivity index (χ2v) is 7.09. The summed E-state index contributed by atoms with van der Waals surface area (Å²) in [6.07, 6.45) is 0. The average molecular weight is 328 g/mol. The Morgan fingerprint density at radius 2 is 1.94 bits per heavy atom. The number of ether oxygens (including phenoxy) is 1. The van der Waals surface area contributed by atoms with Crippen molar-refractivity contribution in [2.24, 2.45) is 0 Å². The second kappa shape index (κ2) is 4.94. The first kappa shape index (κ1) is 13.8. The maximum atomic E-state index is 11.1. The molecule has 0 aromatic heterocycles. The second-order valence-electron chi connectivity index (χ2n) is 3.52. The number of hydrogen-bond acceptors (Lipinski definition) is 3. The molecule has 0 saturated heterocycles. The van der Waals surface area contributed by atoms with Crippen LogP contribution < -0.4 is 4.74 Å². The van der Waals surface area contributed by atoms with E-state index in [1.54, 1.807) is 0 Å². The topological polar surface area (TPSA) is 43.4 Å². The SMILES string of the molecule is COc1c(Br)c(C)cc(C)c1CS(=O)(=O)Cl. The summed E-state index contributed by atoms with van der Waals surface area (Å²) < 4.78 is 28.2. The molecule has 90 valence electrons. The number of benzene rings is 1. The quantitative estimate of drug-likeness (QED) is 0.801. The lowest BCUT2D eigenvalue weighted by Gasteiger charge is -2.14. The predicted molar refractivity (Wildman–Crippen MR) is 68.6 cm³/mol. The molecule has 0 amide bonds. The minimum absolute atomic E-state index is 0.234. The number of rotatable bonds is 3. The van der Waals surface area contributed by atoms with Crippen LogP contribution in [-0.4, -0.2) is 15.5 Å². The van der Waals surface area contributed by atoms with E-state index >= 15 is 0 Å². The summed E-state index contributed by atoms with van der Waals surface area (Å²) in [5.41, 5.74) is 2.43. The molecule has 0 N–H and O–H groups in total. The van der Waals surface area contributed by atoms with Gasteiger partial charge < -0.3 is 4.74 Å². The molecule has 0 aliphatic rings. The van der Waals surface area contributed by atoms with Gasteiger partial charge in [-0.05, 0) is 40.9 Å². The molecule has 0 radical (unpaired) electrons. The number of hydrogen-bond donors (Lipinski definition) is 0. The van der Waals surface area contributed by atoms with E-state index < -0.39 is 9.05 Å². The van der Waals surface area contributed by atoms with E-state index in [-0.39, 0.29) is 5.75 Å². The lowest BCUT2D eigenvalue weighted by molar-refractivity contribution is 0.407. The summed E-state index contributed by atoms with van der Waals surface area (Å²) in [7, 11) is 3.17. The molecule has 0 bridgehead atoms. The van der Waals surface area contributed by atoms with Gasteiger partial charge in [-0.3, -0.25) is 0 Å². The van der Waals surface area contributed by atoms with Crippen molar-refractivity contribution in [1.82, 2.24) is 0 Å². The summed E-state index contributed by atoms with van der Waals surface area (Å²) in [6, 6.07) is 1.89. The molecule has 3 nitrogen and oxygen atoms in total. The molecule has 0 saturated carbocycles. The van der Waals surface area contributed by atoms with E-state index in [0.29, 0.717) is 11.3 Å². The Hall–Kier alpha value is -0.260. The highest BCUT2D eigenvalue weighted by Crippen LogP contribution is 2.35. The Morgan fingerprint density at radius 3 is 2.38 bits per heavy atom. The van der Waals surface area contributed by atoms with Crippen molar-refractivity contribution in [1.29, 1.82) is 0 Å². The lowest BCUT2D eigenvalue weighted by Crippen LogP contribution is -2.03. The van der Waals surface area contributed by atoms with E-state index in [1.165, 1.54) is 7.11 Å². The van der Waals surface area contributed by atoms with Gasteiger partial charge in [-0.2, -0.15) is 0 Å². The Bertz CT molecular complexity index is 511. The normalized spacial score (nSPS) is 11.6. The van der Waals surface area contributed by atoms with Gasteiger partial charge in [-0.25, -0.2) is 8.42 Å². The average Bonchev–Trinajstić information content (AvgIpc) is 2.13. The van der Waals surface area contributed by atoms with Gasteiger partial charge in [0.15, 0.2) is 0 Å². The van der Waals surface area contributed by atoms with E-state index in [1.807, 2.05) is 19.9 Å². The third kappa shape index (κ3) is 3.12. The standard InChI is InChI=1S/C10H12BrClO3S/c1-6-4-7(2)9(11)10(15-3)8(6)5-16(12,13)14/h4H,5H2,1-3H3. The smallest absolute Gasteiger partial charge is 0.236 e. The predicted octanol–water partition coefficient (Wildman–Crippen LogP) is 3.14. The summed E-state index contributed by atoms with van der Waals surface area (Å²) in [5.74, 6) is 0.296. The number of methoxy groups -OCH3 is 1. The third-order valence-corrected chi connectivity index (χ3v) is 4.20. The number of halogens is 2. The zero-order chi connectivity index (χ0) is 12.5. The van der Waals surface area contributed by atoms with Crippen LogP contribution in [0.15, 0.2) is 10.5 Å². The molecule has 1 rings (SSSR count). The fourth-order valence-electron chi connectivity index (χ4n) is 1.53. The molecule has 0 fully saturated rings. The van der Waals surface area contributed by atoms with Crippen LogP contribution in [0.1, 0.15) is 16.7 Å². The van der Waals surface area contributed by atoms with Crippen LogP contribution >= 0.6 is 26.6 Å². The summed E-state index contributed by atoms with van der Waals surface area (Å²) in [5, 5.41) is 0. The minimum Gasteiger partial charge on any atom is -0.495 e. The Balaban J connectivity index is 3.43. The highest BCUT2D eigenvalue weighted by molar-refractivity contribution is 9.10. The van der Waals surface area contributed by atoms with Crippen LogP contribution in [0.4, 0.5) is 0 Å². The van der Waals surface area contributed by atoms with Crippen molar-refractivity contribution < 1.29 is 13.2 Å². The zero-order valence-electron chi connectivity index (χ0n) is 9.17. The van der Waals surface area contributed by atoms with Crippen LogP contribution in [-0.2, 0) is 14.8 Å². The van der Waals surface area contributed by atoms with Crippen LogP contribution in [0.5, 0.6) is 5.75 Å². The fourth-order valence-corrected chi connectivity index (χ4v) is 3.08. The molecule has 16 heavy (non-hydrogen) atoms. The molecule has 0 spiro atoms. The van der Waals surface area contributed by atoms with Gasteiger partial charge in [0.2, 0.25) is 9.05 Å². The van der Waals surface area contributed by atoms with Crippen LogP contribution in [0.3, 0.4) is 0 Å². The van der Waals surface area contributed by atoms with Crippen molar-refractivity contribution in [2.45, 2.75) is 19.6 Å². The van der Waals surface area contributed by atoms with Crippen LogP contribution in [0.25, 0.3) is 0 Å². The van der Waals surface area contributed by atoms with Crippen molar-refractivity contribution in [3.8, 4) is 5.75 Å². The first-order valence-electron chi connectivity index (χ1n) is 4.51. The Morgan fingerprint density at radius 1 is 1.38 bits per heavy atom. The zero-order valence-corrected chi connectivity index (χ0v) is 12.3. The minimum atomic E-state index is -3.59. The molecule has 0 aliphatic carbocycles. The van der Waals surface area contributed by atoms with Gasteiger partial charge >= 0.3 is 0 Å². The van der Waals surface area contributed by atoms with Gasteiger partial charge in [0.1, 0.15) is 5.75 Å². The van der Waals surface area contributed by atoms with Crippen molar-refractivity contribution in [2.75, 3.05) is 7.11 Å². The molecule has 1 aromatic rings. The van der Waals surface area contributed by atoms with Gasteiger partial charge in [-0.1, -0.05) is 6.07 Å². The van der Waals surface area contributed by atoms with E-state index in [4.69, 9.17) is 15.4 Å². The summed E-state index contributed by atoms with van der Waals surface area (Å²) >= 11 is 3.37. The molecule has 1 aromatic carbocycles. The molecular weight excluding hydrogens is 316 g/mol. The van der Waals surface area contributed by atoms with E-state index in [9.17, 15) is 8.42 Å². The summed E-state index contributed by atoms with van der Waals surface area (Å²) in [6.45, 7) is 3.75. The third-order valence-electron chi connectivity index (χ3n) is 2.25. The first-order valence-corrected chi connectivity index (χ1v) is 7.78. The van der Waals surface area contributed by atoms with E-state index in [2.05, 4.69) is 15.9 Å². The lowest BCUT2D eigenvalue weighted by atomic mass is 10.1. The largest absolute Gasteiger partial charge is 0.495 e. The van der Waals surface area contributed by atoms with Crippen LogP contribution in [0.2, 0.25) is 0 Å². The molecular formula is C10H12BrClO3S. The molecule has 6 heteroatoms. The Kier molecular flexibility index (Phi) is 4.26. The van der Waals surface area contributed by atoms with Crippen molar-refractivity contribution in [3.05, 3.63) is 27.2 Å². The maximum absolute atomic E-state index is 11.1. The number of aryl methyl sites for hydroxylation is 2. The van der Waals surface area contributed by atoms with Gasteiger partial charge in [0.25, 0.3) is 0 Å². The van der Waals surface area contributed by atoms with Crippen molar-refractivity contribution >= 4 is 35.7 Å². The van der Waals surface area contributed by atoms with Gasteiger partial charge in [0, 0.05) is 16.2 Å². The van der Waals surface area contributed by atoms with Crippen LogP contribution in [0, 0.1) is 13.8 Å². The van der Waals surface area contributed by atoms with Gasteiger partial charge in [-0.15, -0.1) is 0 Å². The van der Waals surface area contributed by atoms with Crippen molar-refractivity contribution in [3.63, 3.8) is 0 Å². The highest BCUT2D eigenvalue weighted by atomic mass is 79.9. The first-order chi connectivity index (χ1) is 7.26. The summed E-state index contributed by atoms with van der Waals surface area (Å²) in [4.78, 5) is 0. The molecule has 0 unspecified atom stereocenters. The highest BCUT2D eigenvalue weighted by Gasteiger charge is 2.18. The Labute approximate surface area is 108 Å².